The Morgan fingerprint density at radius 1 is 1.35 bits per heavy atom. The van der Waals surface area contributed by atoms with Gasteiger partial charge in [-0.15, -0.1) is 0 Å². The minimum Gasteiger partial charge on any atom is -0.481 e. The quantitative estimate of drug-likeness (QED) is 0.842. The highest BCUT2D eigenvalue weighted by Gasteiger charge is 2.20. The topological polar surface area (TPSA) is 72.2 Å². The Morgan fingerprint density at radius 2 is 1.94 bits per heavy atom. The molecule has 0 saturated carbocycles. The summed E-state index contributed by atoms with van der Waals surface area (Å²) in [4.78, 5) is 22.8. The number of benzene rings is 1. The molecule has 17 heavy (non-hydrogen) atoms. The standard InChI is InChI=1S/C12H12N2O3/c1-7(12(16)17)10-8-5-3-4-6-9(8)11(15)14(2)13-10/h3-7H,1-2H3,(H,16,17)/t7-/m0/s1. The molecule has 2 rings (SSSR count). The number of hydrogen-bond donors (Lipinski definition) is 1. The number of aliphatic carboxylic acids is 1. The summed E-state index contributed by atoms with van der Waals surface area (Å²) >= 11 is 0. The lowest BCUT2D eigenvalue weighted by Crippen LogP contribution is -2.23. The first-order valence-electron chi connectivity index (χ1n) is 5.21. The Kier molecular flexibility index (Phi) is 2.67. The van der Waals surface area contributed by atoms with Crippen LogP contribution < -0.4 is 5.56 Å². The van der Waals surface area contributed by atoms with Crippen LogP contribution in [-0.2, 0) is 11.8 Å². The van der Waals surface area contributed by atoms with Crippen LogP contribution in [0, 0.1) is 0 Å². The third kappa shape index (κ3) is 1.80. The third-order valence-electron chi connectivity index (χ3n) is 2.77. The Balaban J connectivity index is 2.85. The summed E-state index contributed by atoms with van der Waals surface area (Å²) in [5.41, 5.74) is 0.192. The molecule has 2 aromatic rings. The van der Waals surface area contributed by atoms with E-state index in [1.54, 1.807) is 31.2 Å². The number of carboxylic acids is 1. The molecular weight excluding hydrogens is 220 g/mol. The molecule has 0 radical (unpaired) electrons. The van der Waals surface area contributed by atoms with Gasteiger partial charge in [-0.25, -0.2) is 4.68 Å². The molecule has 1 heterocycles. The molecule has 1 N–H and O–H groups in total. The van der Waals surface area contributed by atoms with Gasteiger partial charge >= 0.3 is 5.97 Å². The van der Waals surface area contributed by atoms with E-state index in [1.165, 1.54) is 11.7 Å². The SMILES string of the molecule is C[C@H](C(=O)O)c1nn(C)c(=O)c2ccccc12. The molecule has 1 aromatic carbocycles. The van der Waals surface area contributed by atoms with E-state index in [0.29, 0.717) is 16.5 Å². The molecule has 0 fully saturated rings. The fourth-order valence-corrected chi connectivity index (χ4v) is 1.76. The summed E-state index contributed by atoms with van der Waals surface area (Å²) in [6.45, 7) is 1.56. The summed E-state index contributed by atoms with van der Waals surface area (Å²) in [7, 11) is 1.52. The lowest BCUT2D eigenvalue weighted by molar-refractivity contribution is -0.138. The largest absolute Gasteiger partial charge is 0.481 e. The van der Waals surface area contributed by atoms with Crippen LogP contribution in [0.3, 0.4) is 0 Å². The fourth-order valence-electron chi connectivity index (χ4n) is 1.76. The Morgan fingerprint density at radius 3 is 2.53 bits per heavy atom. The summed E-state index contributed by atoms with van der Waals surface area (Å²) in [6.07, 6.45) is 0. The van der Waals surface area contributed by atoms with E-state index in [-0.39, 0.29) is 5.56 Å². The molecule has 0 bridgehead atoms. The Labute approximate surface area is 97.3 Å². The van der Waals surface area contributed by atoms with Gasteiger partial charge in [-0.1, -0.05) is 18.2 Å². The summed E-state index contributed by atoms with van der Waals surface area (Å²) in [5, 5.41) is 14.2. The molecule has 0 spiro atoms. The van der Waals surface area contributed by atoms with Gasteiger partial charge in [0.2, 0.25) is 0 Å². The predicted molar refractivity (Wildman–Crippen MR) is 63.0 cm³/mol. The van der Waals surface area contributed by atoms with Crippen molar-refractivity contribution in [3.63, 3.8) is 0 Å². The first kappa shape index (κ1) is 11.3. The molecule has 0 aliphatic rings. The zero-order valence-corrected chi connectivity index (χ0v) is 9.54. The van der Waals surface area contributed by atoms with Crippen LogP contribution in [0.2, 0.25) is 0 Å². The lowest BCUT2D eigenvalue weighted by Gasteiger charge is -2.10. The summed E-state index contributed by atoms with van der Waals surface area (Å²) in [6, 6.07) is 6.91. The first-order valence-corrected chi connectivity index (χ1v) is 5.21. The lowest BCUT2D eigenvalue weighted by atomic mass is 10.0. The zero-order chi connectivity index (χ0) is 12.6. The van der Waals surface area contributed by atoms with E-state index in [4.69, 9.17) is 5.11 Å². The molecule has 0 aliphatic carbocycles. The number of fused-ring (bicyclic) bond motifs is 1. The molecule has 1 atom stereocenters. The second kappa shape index (κ2) is 4.01. The van der Waals surface area contributed by atoms with E-state index >= 15 is 0 Å². The van der Waals surface area contributed by atoms with Crippen LogP contribution in [0.25, 0.3) is 10.8 Å². The number of aryl methyl sites for hydroxylation is 1. The minimum atomic E-state index is -0.957. The van der Waals surface area contributed by atoms with Crippen LogP contribution in [0.1, 0.15) is 18.5 Å². The van der Waals surface area contributed by atoms with Gasteiger partial charge in [-0.3, -0.25) is 9.59 Å². The highest BCUT2D eigenvalue weighted by atomic mass is 16.4. The van der Waals surface area contributed by atoms with Gasteiger partial charge in [-0.05, 0) is 13.0 Å². The molecule has 1 aromatic heterocycles. The van der Waals surface area contributed by atoms with Gasteiger partial charge in [0.05, 0.1) is 17.0 Å². The van der Waals surface area contributed by atoms with Gasteiger partial charge in [0.15, 0.2) is 0 Å². The van der Waals surface area contributed by atoms with E-state index in [1.807, 2.05) is 0 Å². The second-order valence-corrected chi connectivity index (χ2v) is 3.92. The van der Waals surface area contributed by atoms with Gasteiger partial charge in [-0.2, -0.15) is 5.10 Å². The van der Waals surface area contributed by atoms with Crippen molar-refractivity contribution in [2.75, 3.05) is 0 Å². The van der Waals surface area contributed by atoms with E-state index in [9.17, 15) is 9.59 Å². The number of hydrogen-bond acceptors (Lipinski definition) is 3. The maximum atomic E-state index is 11.8. The fraction of sp³-hybridized carbons (Fsp3) is 0.250. The number of carboxylic acid groups (broad SMARTS) is 1. The zero-order valence-electron chi connectivity index (χ0n) is 9.54. The molecule has 0 aliphatic heterocycles. The monoisotopic (exact) mass is 232 g/mol. The van der Waals surface area contributed by atoms with Crippen molar-refractivity contribution < 1.29 is 9.90 Å². The average molecular weight is 232 g/mol. The van der Waals surface area contributed by atoms with Crippen molar-refractivity contribution in [3.8, 4) is 0 Å². The molecular formula is C12H12N2O3. The van der Waals surface area contributed by atoms with Gasteiger partial charge in [0, 0.05) is 12.4 Å². The van der Waals surface area contributed by atoms with Crippen LogP contribution in [0.5, 0.6) is 0 Å². The van der Waals surface area contributed by atoms with Crippen molar-refractivity contribution in [3.05, 3.63) is 40.3 Å². The minimum absolute atomic E-state index is 0.220. The van der Waals surface area contributed by atoms with E-state index in [2.05, 4.69) is 5.10 Å². The van der Waals surface area contributed by atoms with Crippen molar-refractivity contribution in [1.29, 1.82) is 0 Å². The first-order chi connectivity index (χ1) is 8.02. The third-order valence-corrected chi connectivity index (χ3v) is 2.77. The smallest absolute Gasteiger partial charge is 0.312 e. The van der Waals surface area contributed by atoms with Gasteiger partial charge in [0.1, 0.15) is 0 Å². The van der Waals surface area contributed by atoms with Gasteiger partial charge < -0.3 is 5.11 Å². The number of nitrogens with zero attached hydrogens (tertiary/aromatic N) is 2. The van der Waals surface area contributed by atoms with Crippen molar-refractivity contribution in [2.45, 2.75) is 12.8 Å². The van der Waals surface area contributed by atoms with E-state index in [0.717, 1.165) is 0 Å². The Hall–Kier alpha value is -2.17. The Bertz CT molecular complexity index is 646. The molecule has 0 amide bonds. The molecule has 0 saturated heterocycles. The highest BCUT2D eigenvalue weighted by molar-refractivity contribution is 5.88. The van der Waals surface area contributed by atoms with Crippen LogP contribution in [0.15, 0.2) is 29.1 Å². The molecule has 5 heteroatoms. The molecule has 88 valence electrons. The summed E-state index contributed by atoms with van der Waals surface area (Å²) in [5.74, 6) is -1.70. The number of carbonyl (C=O) groups is 1. The van der Waals surface area contributed by atoms with Crippen molar-refractivity contribution in [2.24, 2.45) is 7.05 Å². The van der Waals surface area contributed by atoms with Crippen LogP contribution in [-0.4, -0.2) is 20.9 Å². The maximum Gasteiger partial charge on any atom is 0.312 e. The van der Waals surface area contributed by atoms with Crippen LogP contribution in [0.4, 0.5) is 0 Å². The van der Waals surface area contributed by atoms with E-state index < -0.39 is 11.9 Å². The maximum absolute atomic E-state index is 11.8. The molecule has 5 nitrogen and oxygen atoms in total. The summed E-state index contributed by atoms with van der Waals surface area (Å²) < 4.78 is 1.18. The highest BCUT2D eigenvalue weighted by Crippen LogP contribution is 2.21. The number of rotatable bonds is 2. The second-order valence-electron chi connectivity index (χ2n) is 3.92. The molecule has 0 unspecified atom stereocenters. The van der Waals surface area contributed by atoms with Crippen LogP contribution >= 0.6 is 0 Å². The van der Waals surface area contributed by atoms with Gasteiger partial charge in [0.25, 0.3) is 5.56 Å². The predicted octanol–water partition coefficient (Wildman–Crippen LogP) is 1.12. The average Bonchev–Trinajstić information content (AvgIpc) is 2.33. The normalized spacial score (nSPS) is 12.6. The number of aromatic nitrogens is 2. The van der Waals surface area contributed by atoms with Crippen molar-refractivity contribution in [1.82, 2.24) is 9.78 Å². The van der Waals surface area contributed by atoms with Crippen molar-refractivity contribution >= 4 is 16.7 Å².